The first kappa shape index (κ1) is 22.6. The largest absolute Gasteiger partial charge is 0.507 e. The van der Waals surface area contributed by atoms with Crippen molar-refractivity contribution < 1.29 is 5.11 Å². The van der Waals surface area contributed by atoms with E-state index in [0.29, 0.717) is 39.4 Å². The minimum atomic E-state index is -0.337. The number of benzene rings is 1. The first-order valence-electron chi connectivity index (χ1n) is 12.1. The van der Waals surface area contributed by atoms with Gasteiger partial charge in [-0.15, -0.1) is 10.2 Å². The molecule has 0 amide bonds. The Morgan fingerprint density at radius 1 is 1.03 bits per heavy atom. The van der Waals surface area contributed by atoms with Gasteiger partial charge in [0.15, 0.2) is 5.82 Å². The van der Waals surface area contributed by atoms with Crippen LogP contribution in [0.25, 0.3) is 22.5 Å². The Kier molecular flexibility index (Phi) is 5.46. The van der Waals surface area contributed by atoms with Gasteiger partial charge >= 0.3 is 5.69 Å². The highest BCUT2D eigenvalue weighted by atomic mass is 16.3. The standard InChI is InChI=1S/C27H33N5O2/c1-26-11-5-12-27(2,17-26)16-19(15-26)32(4)24-9-8-22(29-30-24)20-7-6-18(14-23(20)33)21-10-13-31(3)25(34)28-21/h6-10,13-14,19,33H,5,11-12,15-17H2,1-4H3/t19-,26-,27+. The molecule has 2 heterocycles. The summed E-state index contributed by atoms with van der Waals surface area (Å²) in [4.78, 5) is 18.2. The average molecular weight is 460 g/mol. The number of rotatable bonds is 4. The zero-order valence-electron chi connectivity index (χ0n) is 20.5. The molecule has 5 rings (SSSR count). The number of nitrogens with zero attached hydrogens (tertiary/aromatic N) is 5. The van der Waals surface area contributed by atoms with Crippen LogP contribution in [0.15, 0.2) is 47.4 Å². The fraction of sp³-hybridized carbons (Fsp3) is 0.481. The lowest BCUT2D eigenvalue weighted by molar-refractivity contribution is 0.0141. The third-order valence-electron chi connectivity index (χ3n) is 7.97. The molecule has 0 saturated heterocycles. The van der Waals surface area contributed by atoms with Gasteiger partial charge in [-0.25, -0.2) is 4.79 Å². The number of phenolic OH excluding ortho intramolecular Hbond substituents is 1. The van der Waals surface area contributed by atoms with Crippen LogP contribution in [0.1, 0.15) is 52.4 Å². The van der Waals surface area contributed by atoms with Crippen molar-refractivity contribution in [3.63, 3.8) is 0 Å². The van der Waals surface area contributed by atoms with E-state index in [1.54, 1.807) is 31.4 Å². The van der Waals surface area contributed by atoms with Gasteiger partial charge in [-0.1, -0.05) is 26.3 Å². The van der Waals surface area contributed by atoms with Crippen molar-refractivity contribution in [2.24, 2.45) is 17.9 Å². The molecule has 2 aromatic heterocycles. The molecule has 0 radical (unpaired) electrons. The maximum atomic E-state index is 11.8. The van der Waals surface area contributed by atoms with Gasteiger partial charge in [0.25, 0.3) is 0 Å². The summed E-state index contributed by atoms with van der Waals surface area (Å²) in [6.45, 7) is 4.91. The summed E-state index contributed by atoms with van der Waals surface area (Å²) < 4.78 is 1.41. The molecule has 34 heavy (non-hydrogen) atoms. The first-order chi connectivity index (χ1) is 16.1. The van der Waals surface area contributed by atoms with Crippen LogP contribution < -0.4 is 10.6 Å². The maximum Gasteiger partial charge on any atom is 0.347 e. The van der Waals surface area contributed by atoms with E-state index in [1.165, 1.54) is 43.1 Å². The Labute approximate surface area is 200 Å². The normalized spacial score (nSPS) is 26.3. The Balaban J connectivity index is 1.36. The molecule has 0 spiro atoms. The summed E-state index contributed by atoms with van der Waals surface area (Å²) in [5.41, 5.74) is 2.90. The van der Waals surface area contributed by atoms with Gasteiger partial charge in [-0.2, -0.15) is 4.98 Å². The van der Waals surface area contributed by atoms with Crippen molar-refractivity contribution in [3.05, 3.63) is 53.1 Å². The van der Waals surface area contributed by atoms with Gasteiger partial charge in [0, 0.05) is 37.5 Å². The van der Waals surface area contributed by atoms with Crippen molar-refractivity contribution in [2.45, 2.75) is 58.4 Å². The zero-order valence-corrected chi connectivity index (χ0v) is 20.5. The number of anilines is 1. The van der Waals surface area contributed by atoms with Crippen LogP contribution in [-0.4, -0.2) is 37.9 Å². The monoisotopic (exact) mass is 459 g/mol. The molecule has 3 atom stereocenters. The second kappa shape index (κ2) is 8.22. The molecule has 7 nitrogen and oxygen atoms in total. The third kappa shape index (κ3) is 4.19. The molecule has 7 heteroatoms. The predicted molar refractivity (Wildman–Crippen MR) is 134 cm³/mol. The zero-order chi connectivity index (χ0) is 24.1. The van der Waals surface area contributed by atoms with Crippen molar-refractivity contribution in [1.82, 2.24) is 19.7 Å². The number of fused-ring (bicyclic) bond motifs is 2. The minimum absolute atomic E-state index is 0.0799. The molecule has 1 N–H and O–H groups in total. The van der Waals surface area contributed by atoms with E-state index in [4.69, 9.17) is 0 Å². The van der Waals surface area contributed by atoms with Gasteiger partial charge < -0.3 is 14.6 Å². The lowest BCUT2D eigenvalue weighted by Gasteiger charge is -2.54. The highest BCUT2D eigenvalue weighted by Gasteiger charge is 2.47. The maximum absolute atomic E-state index is 11.8. The average Bonchev–Trinajstić information content (AvgIpc) is 2.79. The second-order valence-corrected chi connectivity index (χ2v) is 11.0. The van der Waals surface area contributed by atoms with Crippen molar-refractivity contribution >= 4 is 5.82 Å². The highest BCUT2D eigenvalue weighted by Crippen LogP contribution is 2.56. The molecular weight excluding hydrogens is 426 g/mol. The molecule has 2 bridgehead atoms. The van der Waals surface area contributed by atoms with Crippen LogP contribution in [0.4, 0.5) is 5.82 Å². The fourth-order valence-corrected chi connectivity index (χ4v) is 6.36. The molecule has 0 aliphatic heterocycles. The Bertz CT molecular complexity index is 1250. The quantitative estimate of drug-likeness (QED) is 0.604. The summed E-state index contributed by atoms with van der Waals surface area (Å²) in [5, 5.41) is 19.6. The van der Waals surface area contributed by atoms with E-state index in [1.807, 2.05) is 18.2 Å². The second-order valence-electron chi connectivity index (χ2n) is 11.0. The summed E-state index contributed by atoms with van der Waals surface area (Å²) in [6, 6.07) is 11.4. The molecule has 3 aromatic rings. The summed E-state index contributed by atoms with van der Waals surface area (Å²) in [6.07, 6.45) is 9.37. The van der Waals surface area contributed by atoms with Gasteiger partial charge in [-0.3, -0.25) is 0 Å². The van der Waals surface area contributed by atoms with Crippen LogP contribution in [0.3, 0.4) is 0 Å². The smallest absolute Gasteiger partial charge is 0.347 e. The third-order valence-corrected chi connectivity index (χ3v) is 7.97. The fourth-order valence-electron chi connectivity index (χ4n) is 6.36. The Morgan fingerprint density at radius 2 is 1.76 bits per heavy atom. The van der Waals surface area contributed by atoms with E-state index in [9.17, 15) is 9.90 Å². The van der Waals surface area contributed by atoms with Gasteiger partial charge in [-0.05, 0) is 73.3 Å². The molecule has 2 aliphatic rings. The van der Waals surface area contributed by atoms with E-state index in [-0.39, 0.29) is 11.4 Å². The SMILES string of the molecule is CN(c1ccc(-c2ccc(-c3ccn(C)c(=O)n3)cc2O)nn1)[C@H]1C[C@]2(C)CCC[C@](C)(C1)C2. The number of hydrogen-bond acceptors (Lipinski definition) is 6. The van der Waals surface area contributed by atoms with E-state index in [2.05, 4.69) is 41.0 Å². The van der Waals surface area contributed by atoms with Crippen molar-refractivity contribution in [1.29, 1.82) is 0 Å². The molecule has 0 unspecified atom stereocenters. The van der Waals surface area contributed by atoms with Crippen molar-refractivity contribution in [2.75, 3.05) is 11.9 Å². The predicted octanol–water partition coefficient (Wildman–Crippen LogP) is 4.80. The van der Waals surface area contributed by atoms with Gasteiger partial charge in [0.1, 0.15) is 5.75 Å². The van der Waals surface area contributed by atoms with Crippen LogP contribution in [0.2, 0.25) is 0 Å². The highest BCUT2D eigenvalue weighted by molar-refractivity contribution is 5.73. The molecule has 2 fully saturated rings. The molecular formula is C27H33N5O2. The number of aromatic hydroxyl groups is 1. The Morgan fingerprint density at radius 3 is 2.38 bits per heavy atom. The molecule has 1 aromatic carbocycles. The lowest BCUT2D eigenvalue weighted by Crippen LogP contribution is -2.49. The molecule has 2 aliphatic carbocycles. The van der Waals surface area contributed by atoms with Crippen LogP contribution in [0, 0.1) is 10.8 Å². The number of aromatic nitrogens is 4. The number of phenols is 1. The molecule has 2 saturated carbocycles. The van der Waals surface area contributed by atoms with Crippen molar-refractivity contribution in [3.8, 4) is 28.3 Å². The summed E-state index contributed by atoms with van der Waals surface area (Å²) >= 11 is 0. The summed E-state index contributed by atoms with van der Waals surface area (Å²) in [7, 11) is 3.78. The number of hydrogen-bond donors (Lipinski definition) is 1. The first-order valence-corrected chi connectivity index (χ1v) is 12.1. The van der Waals surface area contributed by atoms with Gasteiger partial charge in [0.05, 0.1) is 11.4 Å². The topological polar surface area (TPSA) is 84.1 Å². The van der Waals surface area contributed by atoms with Crippen LogP contribution in [-0.2, 0) is 7.05 Å². The minimum Gasteiger partial charge on any atom is -0.507 e. The van der Waals surface area contributed by atoms with E-state index >= 15 is 0 Å². The van der Waals surface area contributed by atoms with Crippen LogP contribution in [0.5, 0.6) is 5.75 Å². The number of aryl methyl sites for hydroxylation is 1. The lowest BCUT2D eigenvalue weighted by atomic mass is 9.55. The Hall–Kier alpha value is -3.22. The molecule has 178 valence electrons. The van der Waals surface area contributed by atoms with Gasteiger partial charge in [0.2, 0.25) is 0 Å². The summed E-state index contributed by atoms with van der Waals surface area (Å²) in [5.74, 6) is 0.942. The van der Waals surface area contributed by atoms with E-state index in [0.717, 1.165) is 5.82 Å². The van der Waals surface area contributed by atoms with E-state index < -0.39 is 0 Å². The van der Waals surface area contributed by atoms with Crippen LogP contribution >= 0.6 is 0 Å².